The lowest BCUT2D eigenvalue weighted by atomic mass is 10.1. The van der Waals surface area contributed by atoms with Crippen molar-refractivity contribution in [3.05, 3.63) is 41.2 Å². The number of hydrogen-bond donors (Lipinski definition) is 1. The molecule has 2 aromatic carbocycles. The molecule has 0 unspecified atom stereocenters. The SMILES string of the molecule is COC(=O)c1cc(OC)c(OC)c(OC)c1NS(=O)(=O)c1ccc(F)c(C(F)(F)F)c1. The van der Waals surface area contributed by atoms with Gasteiger partial charge in [-0.2, -0.15) is 13.2 Å². The molecule has 0 aliphatic carbocycles. The van der Waals surface area contributed by atoms with Crippen LogP contribution in [0.5, 0.6) is 17.2 Å². The molecule has 0 spiro atoms. The fourth-order valence-corrected chi connectivity index (χ4v) is 3.72. The number of rotatable bonds is 7. The van der Waals surface area contributed by atoms with Crippen LogP contribution in [0.4, 0.5) is 23.2 Å². The second kappa shape index (κ2) is 8.88. The van der Waals surface area contributed by atoms with Gasteiger partial charge in [-0.25, -0.2) is 17.6 Å². The number of sulfonamides is 1. The standard InChI is InChI=1S/C18H17F4NO7S/c1-27-13-8-10(17(24)30-4)14(16(29-3)15(13)28-2)23-31(25,26)9-5-6-12(19)11(7-9)18(20,21)22/h5-8,23H,1-4H3. The summed E-state index contributed by atoms with van der Waals surface area (Å²) in [6.07, 6.45) is -5.13. The molecule has 0 aliphatic rings. The summed E-state index contributed by atoms with van der Waals surface area (Å²) in [6, 6.07) is 2.22. The average molecular weight is 467 g/mol. The molecule has 13 heteroatoms. The number of methoxy groups -OCH3 is 4. The van der Waals surface area contributed by atoms with Crippen molar-refractivity contribution in [3.63, 3.8) is 0 Å². The first-order valence-electron chi connectivity index (χ1n) is 8.22. The minimum absolute atomic E-state index is 0.0103. The zero-order valence-corrected chi connectivity index (χ0v) is 17.4. The van der Waals surface area contributed by atoms with E-state index in [4.69, 9.17) is 14.2 Å². The van der Waals surface area contributed by atoms with Crippen LogP contribution in [0.15, 0.2) is 29.2 Å². The lowest BCUT2D eigenvalue weighted by molar-refractivity contribution is -0.140. The summed E-state index contributed by atoms with van der Waals surface area (Å²) in [5, 5.41) is 0. The maximum absolute atomic E-state index is 13.6. The maximum Gasteiger partial charge on any atom is 0.419 e. The molecule has 8 nitrogen and oxygen atoms in total. The Balaban J connectivity index is 2.73. The van der Waals surface area contributed by atoms with Gasteiger partial charge in [-0.1, -0.05) is 0 Å². The van der Waals surface area contributed by atoms with E-state index in [1.54, 1.807) is 0 Å². The first-order chi connectivity index (χ1) is 14.4. The molecular formula is C18H17F4NO7S. The third-order valence-electron chi connectivity index (χ3n) is 4.03. The van der Waals surface area contributed by atoms with Crippen molar-refractivity contribution in [2.24, 2.45) is 0 Å². The first-order valence-corrected chi connectivity index (χ1v) is 9.70. The number of carbonyl (C=O) groups is 1. The van der Waals surface area contributed by atoms with Gasteiger partial charge in [0.1, 0.15) is 11.5 Å². The molecule has 31 heavy (non-hydrogen) atoms. The molecule has 0 aliphatic heterocycles. The van der Waals surface area contributed by atoms with Crippen LogP contribution in [0.2, 0.25) is 0 Å². The predicted molar refractivity (Wildman–Crippen MR) is 99.6 cm³/mol. The largest absolute Gasteiger partial charge is 0.493 e. The summed E-state index contributed by atoms with van der Waals surface area (Å²) >= 11 is 0. The van der Waals surface area contributed by atoms with Crippen molar-refractivity contribution in [3.8, 4) is 17.2 Å². The third kappa shape index (κ3) is 4.76. The van der Waals surface area contributed by atoms with Crippen LogP contribution in [-0.2, 0) is 20.9 Å². The number of anilines is 1. The highest BCUT2D eigenvalue weighted by Crippen LogP contribution is 2.46. The molecule has 2 rings (SSSR count). The van der Waals surface area contributed by atoms with Gasteiger partial charge in [0.15, 0.2) is 11.5 Å². The second-order valence-electron chi connectivity index (χ2n) is 5.80. The molecule has 0 radical (unpaired) electrons. The number of ether oxygens (including phenoxy) is 4. The normalized spacial score (nSPS) is 11.6. The Morgan fingerprint density at radius 3 is 2.06 bits per heavy atom. The topological polar surface area (TPSA) is 100 Å². The number of nitrogens with one attached hydrogen (secondary N) is 1. The van der Waals surface area contributed by atoms with Gasteiger partial charge in [0.25, 0.3) is 10.0 Å². The van der Waals surface area contributed by atoms with E-state index in [0.717, 1.165) is 20.3 Å². The Kier molecular flexibility index (Phi) is 6.89. The number of carbonyl (C=O) groups excluding carboxylic acids is 1. The highest BCUT2D eigenvalue weighted by molar-refractivity contribution is 7.92. The molecule has 0 saturated carbocycles. The molecule has 2 aromatic rings. The number of alkyl halides is 3. The predicted octanol–water partition coefficient (Wildman–Crippen LogP) is 3.46. The molecule has 0 atom stereocenters. The summed E-state index contributed by atoms with van der Waals surface area (Å²) in [7, 11) is -0.129. The van der Waals surface area contributed by atoms with Crippen LogP contribution in [0.1, 0.15) is 15.9 Å². The van der Waals surface area contributed by atoms with Crippen molar-refractivity contribution < 1.29 is 49.7 Å². The van der Waals surface area contributed by atoms with Crippen molar-refractivity contribution in [1.82, 2.24) is 0 Å². The van der Waals surface area contributed by atoms with Crippen LogP contribution >= 0.6 is 0 Å². The van der Waals surface area contributed by atoms with Crippen LogP contribution < -0.4 is 18.9 Å². The lowest BCUT2D eigenvalue weighted by Gasteiger charge is -2.20. The monoisotopic (exact) mass is 467 g/mol. The summed E-state index contributed by atoms with van der Waals surface area (Å²) in [5.74, 6) is -3.07. The Morgan fingerprint density at radius 2 is 1.58 bits per heavy atom. The molecular weight excluding hydrogens is 450 g/mol. The van der Waals surface area contributed by atoms with Gasteiger partial charge < -0.3 is 18.9 Å². The first kappa shape index (κ1) is 24.1. The van der Waals surface area contributed by atoms with E-state index in [-0.39, 0.29) is 28.9 Å². The van der Waals surface area contributed by atoms with Crippen molar-refractivity contribution in [1.29, 1.82) is 0 Å². The number of benzene rings is 2. The fourth-order valence-electron chi connectivity index (χ4n) is 2.61. The van der Waals surface area contributed by atoms with Gasteiger partial charge in [0.05, 0.1) is 44.5 Å². The minimum atomic E-state index is -5.13. The third-order valence-corrected chi connectivity index (χ3v) is 5.37. The Bertz CT molecular complexity index is 1100. The fraction of sp³-hybridized carbons (Fsp3) is 0.278. The van der Waals surface area contributed by atoms with E-state index in [9.17, 15) is 30.8 Å². The molecule has 0 aromatic heterocycles. The van der Waals surface area contributed by atoms with Crippen LogP contribution in [-0.4, -0.2) is 42.8 Å². The van der Waals surface area contributed by atoms with Crippen LogP contribution in [0.3, 0.4) is 0 Å². The van der Waals surface area contributed by atoms with Gasteiger partial charge in [0, 0.05) is 6.07 Å². The molecule has 0 bridgehead atoms. The van der Waals surface area contributed by atoms with Crippen molar-refractivity contribution in [2.45, 2.75) is 11.1 Å². The van der Waals surface area contributed by atoms with Gasteiger partial charge in [0.2, 0.25) is 5.75 Å². The number of halogens is 4. The van der Waals surface area contributed by atoms with Gasteiger partial charge in [-0.05, 0) is 18.2 Å². The summed E-state index contributed by atoms with van der Waals surface area (Å²) < 4.78 is 100. The summed E-state index contributed by atoms with van der Waals surface area (Å²) in [6.45, 7) is 0. The van der Waals surface area contributed by atoms with E-state index in [0.29, 0.717) is 12.1 Å². The molecule has 0 fully saturated rings. The van der Waals surface area contributed by atoms with Gasteiger partial charge >= 0.3 is 12.1 Å². The van der Waals surface area contributed by atoms with E-state index in [2.05, 4.69) is 4.74 Å². The maximum atomic E-state index is 13.6. The highest BCUT2D eigenvalue weighted by atomic mass is 32.2. The molecule has 170 valence electrons. The molecule has 0 heterocycles. The molecule has 0 amide bonds. The van der Waals surface area contributed by atoms with E-state index >= 15 is 0 Å². The Labute approximate surface area is 174 Å². The Morgan fingerprint density at radius 1 is 0.968 bits per heavy atom. The van der Waals surface area contributed by atoms with E-state index in [1.807, 2.05) is 4.72 Å². The van der Waals surface area contributed by atoms with E-state index < -0.39 is 44.1 Å². The molecule has 0 saturated heterocycles. The number of esters is 1. The van der Waals surface area contributed by atoms with E-state index in [1.165, 1.54) is 14.2 Å². The van der Waals surface area contributed by atoms with Crippen molar-refractivity contribution >= 4 is 21.7 Å². The average Bonchev–Trinajstić information content (AvgIpc) is 2.71. The quantitative estimate of drug-likeness (QED) is 0.492. The summed E-state index contributed by atoms with van der Waals surface area (Å²) in [5.41, 5.74) is -2.63. The lowest BCUT2D eigenvalue weighted by Crippen LogP contribution is -2.19. The Hall–Kier alpha value is -3.22. The zero-order chi connectivity index (χ0) is 23.6. The summed E-state index contributed by atoms with van der Waals surface area (Å²) in [4.78, 5) is 11.3. The minimum Gasteiger partial charge on any atom is -0.493 e. The van der Waals surface area contributed by atoms with Gasteiger partial charge in [-0.15, -0.1) is 0 Å². The van der Waals surface area contributed by atoms with Gasteiger partial charge in [-0.3, -0.25) is 4.72 Å². The zero-order valence-electron chi connectivity index (χ0n) is 16.6. The smallest absolute Gasteiger partial charge is 0.419 e. The second-order valence-corrected chi connectivity index (χ2v) is 7.49. The van der Waals surface area contributed by atoms with Crippen molar-refractivity contribution in [2.75, 3.05) is 33.2 Å². The van der Waals surface area contributed by atoms with Crippen LogP contribution in [0.25, 0.3) is 0 Å². The highest BCUT2D eigenvalue weighted by Gasteiger charge is 2.36. The molecule has 1 N–H and O–H groups in total. The number of hydrogen-bond acceptors (Lipinski definition) is 7. The van der Waals surface area contributed by atoms with Crippen LogP contribution in [0, 0.1) is 5.82 Å².